The number of para-hydroxylation sites is 1. The lowest BCUT2D eigenvalue weighted by Gasteiger charge is -2.53. The van der Waals surface area contributed by atoms with Gasteiger partial charge >= 0.3 is 5.97 Å². The molecule has 1 fully saturated rings. The van der Waals surface area contributed by atoms with E-state index in [0.29, 0.717) is 11.8 Å². The molecule has 5 atom stereocenters. The molecule has 0 bridgehead atoms. The summed E-state index contributed by atoms with van der Waals surface area (Å²) in [5.41, 5.74) is 5.87. The van der Waals surface area contributed by atoms with E-state index < -0.39 is 34.9 Å². The Morgan fingerprint density at radius 2 is 1.86 bits per heavy atom. The molecule has 4 rings (SSSR count). The van der Waals surface area contributed by atoms with E-state index in [1.807, 2.05) is 12.1 Å². The van der Waals surface area contributed by atoms with E-state index in [2.05, 4.69) is 5.32 Å². The van der Waals surface area contributed by atoms with Crippen LogP contribution in [0.15, 0.2) is 48.5 Å². The highest BCUT2D eigenvalue weighted by Crippen LogP contribution is 2.53. The number of nitrogens with one attached hydrogen (secondary N) is 1. The lowest BCUT2D eigenvalue weighted by Crippen LogP contribution is -2.66. The number of carboxylic acids is 1. The Morgan fingerprint density at radius 1 is 1.17 bits per heavy atom. The number of rotatable bonds is 6. The van der Waals surface area contributed by atoms with Gasteiger partial charge in [-0.25, -0.2) is 4.39 Å². The smallest absolute Gasteiger partial charge is 0.325 e. The van der Waals surface area contributed by atoms with Crippen LogP contribution in [-0.4, -0.2) is 34.7 Å². The number of halogens is 1. The van der Waals surface area contributed by atoms with Crippen LogP contribution in [0.25, 0.3) is 0 Å². The number of hydrogen-bond donors (Lipinski definition) is 3. The van der Waals surface area contributed by atoms with Crippen LogP contribution in [-0.2, 0) is 9.59 Å². The van der Waals surface area contributed by atoms with E-state index in [4.69, 9.17) is 5.73 Å². The number of carboxylic acid groups (broad SMARTS) is 1. The van der Waals surface area contributed by atoms with Gasteiger partial charge in [0.1, 0.15) is 23.6 Å². The minimum absolute atomic E-state index is 0.0467. The predicted molar refractivity (Wildman–Crippen MR) is 104 cm³/mol. The summed E-state index contributed by atoms with van der Waals surface area (Å²) in [6.07, 6.45) is 1.93. The zero-order valence-corrected chi connectivity index (χ0v) is 15.5. The van der Waals surface area contributed by atoms with Gasteiger partial charge in [0.15, 0.2) is 5.78 Å². The average molecular weight is 396 g/mol. The summed E-state index contributed by atoms with van der Waals surface area (Å²) in [5, 5.41) is 13.6. The molecule has 1 heterocycles. The van der Waals surface area contributed by atoms with E-state index in [1.54, 1.807) is 12.1 Å². The summed E-state index contributed by atoms with van der Waals surface area (Å²) in [6.45, 7) is 0. The third-order valence-electron chi connectivity index (χ3n) is 6.34. The van der Waals surface area contributed by atoms with Crippen LogP contribution in [0.3, 0.4) is 0 Å². The Balaban J connectivity index is 1.83. The second-order valence-electron chi connectivity index (χ2n) is 7.78. The maximum Gasteiger partial charge on any atom is 0.325 e. The third kappa shape index (κ3) is 2.93. The molecule has 1 aliphatic carbocycles. The molecule has 1 aliphatic heterocycles. The summed E-state index contributed by atoms with van der Waals surface area (Å²) in [4.78, 5) is 37.6. The number of aldehydes is 1. The Kier molecular flexibility index (Phi) is 4.70. The molecule has 4 N–H and O–H groups in total. The van der Waals surface area contributed by atoms with Gasteiger partial charge in [0.25, 0.3) is 0 Å². The van der Waals surface area contributed by atoms with E-state index in [0.717, 1.165) is 30.7 Å². The summed E-state index contributed by atoms with van der Waals surface area (Å²) >= 11 is 0. The van der Waals surface area contributed by atoms with Crippen LogP contribution in [0.1, 0.15) is 34.7 Å². The summed E-state index contributed by atoms with van der Waals surface area (Å²) in [5.74, 6) is -5.09. The lowest BCUT2D eigenvalue weighted by atomic mass is 9.56. The molecule has 7 heteroatoms. The van der Waals surface area contributed by atoms with Crippen LogP contribution < -0.4 is 11.1 Å². The van der Waals surface area contributed by atoms with Gasteiger partial charge in [0.2, 0.25) is 0 Å². The third-order valence-corrected chi connectivity index (χ3v) is 6.34. The Labute approximate surface area is 166 Å². The van der Waals surface area contributed by atoms with E-state index in [-0.39, 0.29) is 17.5 Å². The summed E-state index contributed by atoms with van der Waals surface area (Å²) < 4.78 is 13.2. The van der Waals surface area contributed by atoms with Gasteiger partial charge in [-0.3, -0.25) is 9.59 Å². The van der Waals surface area contributed by atoms with Gasteiger partial charge in [-0.15, -0.1) is 0 Å². The fraction of sp³-hybridized carbons (Fsp3) is 0.318. The SMILES string of the molecule is NC(C(=O)O)(C(C=O)C(=O)c1ccc(F)cc1)C1c2ccccc2NC2CCC21. The molecule has 5 unspecified atom stereocenters. The van der Waals surface area contributed by atoms with Gasteiger partial charge < -0.3 is 21.0 Å². The fourth-order valence-corrected chi connectivity index (χ4v) is 4.69. The first kappa shape index (κ1) is 19.3. The van der Waals surface area contributed by atoms with Crippen molar-refractivity contribution in [2.45, 2.75) is 30.3 Å². The van der Waals surface area contributed by atoms with Crippen LogP contribution in [0.2, 0.25) is 0 Å². The van der Waals surface area contributed by atoms with Crippen molar-refractivity contribution in [2.75, 3.05) is 5.32 Å². The molecule has 1 saturated carbocycles. The largest absolute Gasteiger partial charge is 0.480 e. The highest BCUT2D eigenvalue weighted by molar-refractivity contribution is 6.10. The molecule has 0 amide bonds. The molecule has 6 nitrogen and oxygen atoms in total. The number of anilines is 1. The van der Waals surface area contributed by atoms with E-state index in [1.165, 1.54) is 12.1 Å². The molecular formula is C22H21FN2O4. The first-order valence-corrected chi connectivity index (χ1v) is 9.50. The van der Waals surface area contributed by atoms with Gasteiger partial charge in [0.05, 0.1) is 0 Å². The Bertz CT molecular complexity index is 977. The average Bonchev–Trinajstić information content (AvgIpc) is 2.69. The summed E-state index contributed by atoms with van der Waals surface area (Å²) in [6, 6.07) is 12.0. The van der Waals surface area contributed by atoms with Gasteiger partial charge in [-0.1, -0.05) is 18.2 Å². The maximum absolute atomic E-state index is 13.2. The Morgan fingerprint density at radius 3 is 2.45 bits per heavy atom. The number of fused-ring (bicyclic) bond motifs is 2. The molecule has 2 aliphatic rings. The van der Waals surface area contributed by atoms with Crippen molar-refractivity contribution in [1.29, 1.82) is 0 Å². The van der Waals surface area contributed by atoms with Crippen LogP contribution in [0.5, 0.6) is 0 Å². The Hall–Kier alpha value is -3.06. The molecule has 0 aromatic heterocycles. The first-order valence-electron chi connectivity index (χ1n) is 9.50. The van der Waals surface area contributed by atoms with Gasteiger partial charge in [-0.05, 0) is 54.7 Å². The zero-order valence-electron chi connectivity index (χ0n) is 15.5. The number of ketones is 1. The molecule has 0 saturated heterocycles. The second kappa shape index (κ2) is 7.08. The number of Topliss-reactive ketones (excluding diaryl/α,β-unsaturated/α-hetero) is 1. The molecule has 2 aromatic rings. The van der Waals surface area contributed by atoms with E-state index >= 15 is 0 Å². The number of hydrogen-bond acceptors (Lipinski definition) is 5. The topological polar surface area (TPSA) is 109 Å². The van der Waals surface area contributed by atoms with Crippen molar-refractivity contribution in [1.82, 2.24) is 0 Å². The van der Waals surface area contributed by atoms with Crippen molar-refractivity contribution in [3.63, 3.8) is 0 Å². The normalized spacial score (nSPS) is 25.2. The number of carbonyl (C=O) groups is 3. The summed E-state index contributed by atoms with van der Waals surface area (Å²) in [7, 11) is 0. The number of nitrogens with two attached hydrogens (primary N) is 1. The van der Waals surface area contributed by atoms with Crippen molar-refractivity contribution in [2.24, 2.45) is 17.6 Å². The lowest BCUT2D eigenvalue weighted by molar-refractivity contribution is -0.149. The van der Waals surface area contributed by atoms with Crippen molar-refractivity contribution in [3.05, 3.63) is 65.5 Å². The van der Waals surface area contributed by atoms with Crippen molar-refractivity contribution in [3.8, 4) is 0 Å². The minimum Gasteiger partial charge on any atom is -0.480 e. The van der Waals surface area contributed by atoms with Crippen LogP contribution in [0.4, 0.5) is 10.1 Å². The molecule has 150 valence electrons. The molecule has 2 aromatic carbocycles. The second-order valence-corrected chi connectivity index (χ2v) is 7.78. The quantitative estimate of drug-likeness (QED) is 0.393. The first-order chi connectivity index (χ1) is 13.9. The van der Waals surface area contributed by atoms with Gasteiger partial charge in [0, 0.05) is 23.2 Å². The van der Waals surface area contributed by atoms with Crippen molar-refractivity contribution < 1.29 is 23.9 Å². The monoisotopic (exact) mass is 396 g/mol. The zero-order chi connectivity index (χ0) is 20.8. The molecule has 0 spiro atoms. The van der Waals surface area contributed by atoms with E-state index in [9.17, 15) is 23.9 Å². The number of aliphatic carboxylic acids is 1. The number of carbonyl (C=O) groups excluding carboxylic acids is 2. The standard InChI is InChI=1S/C22H21FN2O4/c23-13-7-5-12(6-8-13)20(27)16(11-26)22(24,21(28)29)19-14-3-1-2-4-17(14)25-18-10-9-15(18)19/h1-8,11,15-16,18-19,25H,9-10,24H2,(H,28,29). The van der Waals surface area contributed by atoms with Gasteiger partial charge in [-0.2, -0.15) is 0 Å². The fourth-order valence-electron chi connectivity index (χ4n) is 4.69. The van der Waals surface area contributed by atoms with Crippen molar-refractivity contribution >= 4 is 23.7 Å². The highest BCUT2D eigenvalue weighted by atomic mass is 19.1. The molecule has 29 heavy (non-hydrogen) atoms. The van der Waals surface area contributed by atoms with Crippen LogP contribution in [0, 0.1) is 17.7 Å². The highest BCUT2D eigenvalue weighted by Gasteiger charge is 2.59. The number of benzene rings is 2. The van der Waals surface area contributed by atoms with Crippen LogP contribution >= 0.6 is 0 Å². The predicted octanol–water partition coefficient (Wildman–Crippen LogP) is 2.59. The molecule has 0 radical (unpaired) electrons. The molecular weight excluding hydrogens is 375 g/mol. The minimum atomic E-state index is -2.13. The maximum atomic E-state index is 13.2.